The van der Waals surface area contributed by atoms with E-state index in [0.29, 0.717) is 10.5 Å². The predicted octanol–water partition coefficient (Wildman–Crippen LogP) is 2.43. The standard InChI is InChI=1S/C9H18OS/c1-7(2)11-9-6-4-3-5-8(9)10/h7-10H,3-6H2,1-2H3/t8-,9-/m1/s1. The molecule has 2 atom stereocenters. The molecule has 0 spiro atoms. The summed E-state index contributed by atoms with van der Waals surface area (Å²) in [4.78, 5) is 0. The minimum atomic E-state index is -0.0313. The summed E-state index contributed by atoms with van der Waals surface area (Å²) in [6, 6.07) is 0. The van der Waals surface area contributed by atoms with Gasteiger partial charge in [0.05, 0.1) is 6.10 Å². The fourth-order valence-electron chi connectivity index (χ4n) is 1.59. The molecule has 2 heteroatoms. The number of hydrogen-bond donors (Lipinski definition) is 1. The third-order valence-electron chi connectivity index (χ3n) is 2.11. The van der Waals surface area contributed by atoms with Gasteiger partial charge in [-0.1, -0.05) is 26.7 Å². The molecule has 0 radical (unpaired) electrons. The molecular formula is C9H18OS. The second kappa shape index (κ2) is 4.36. The highest BCUT2D eigenvalue weighted by Gasteiger charge is 2.23. The van der Waals surface area contributed by atoms with Crippen LogP contribution in [0.3, 0.4) is 0 Å². The van der Waals surface area contributed by atoms with Crippen LogP contribution in [0.1, 0.15) is 39.5 Å². The normalized spacial score (nSPS) is 32.7. The van der Waals surface area contributed by atoms with Gasteiger partial charge >= 0.3 is 0 Å². The van der Waals surface area contributed by atoms with Crippen molar-refractivity contribution in [1.29, 1.82) is 0 Å². The van der Waals surface area contributed by atoms with Gasteiger partial charge in [0.15, 0.2) is 0 Å². The molecule has 0 aromatic heterocycles. The lowest BCUT2D eigenvalue weighted by Gasteiger charge is -2.28. The number of aliphatic hydroxyl groups excluding tert-OH is 1. The molecule has 0 saturated heterocycles. The van der Waals surface area contributed by atoms with Crippen molar-refractivity contribution in [2.45, 2.75) is 56.1 Å². The Hall–Kier alpha value is 0.310. The molecule has 11 heavy (non-hydrogen) atoms. The summed E-state index contributed by atoms with van der Waals surface area (Å²) in [6.45, 7) is 4.40. The molecule has 1 N–H and O–H groups in total. The van der Waals surface area contributed by atoms with Gasteiger partial charge in [-0.2, -0.15) is 11.8 Å². The van der Waals surface area contributed by atoms with E-state index in [-0.39, 0.29) is 6.10 Å². The van der Waals surface area contributed by atoms with Crippen molar-refractivity contribution < 1.29 is 5.11 Å². The highest BCUT2D eigenvalue weighted by molar-refractivity contribution is 8.00. The third kappa shape index (κ3) is 3.04. The average molecular weight is 174 g/mol. The van der Waals surface area contributed by atoms with Gasteiger partial charge in [-0.3, -0.25) is 0 Å². The topological polar surface area (TPSA) is 20.2 Å². The van der Waals surface area contributed by atoms with Crippen LogP contribution in [-0.4, -0.2) is 21.7 Å². The van der Waals surface area contributed by atoms with Crippen LogP contribution in [0.15, 0.2) is 0 Å². The van der Waals surface area contributed by atoms with Gasteiger partial charge in [-0.15, -0.1) is 0 Å². The van der Waals surface area contributed by atoms with Gasteiger partial charge in [0.25, 0.3) is 0 Å². The van der Waals surface area contributed by atoms with Crippen LogP contribution in [0.2, 0.25) is 0 Å². The SMILES string of the molecule is CC(C)S[C@@H]1CCCC[C@H]1O. The van der Waals surface area contributed by atoms with Crippen LogP contribution in [0.4, 0.5) is 0 Å². The lowest BCUT2D eigenvalue weighted by molar-refractivity contribution is 0.137. The molecule has 0 heterocycles. The molecule has 0 aromatic rings. The molecule has 0 unspecified atom stereocenters. The minimum absolute atomic E-state index is 0.0313. The lowest BCUT2D eigenvalue weighted by atomic mass is 9.97. The molecule has 1 rings (SSSR count). The Labute approximate surface area is 73.6 Å². The maximum absolute atomic E-state index is 9.60. The van der Waals surface area contributed by atoms with Crippen LogP contribution in [0, 0.1) is 0 Å². The van der Waals surface area contributed by atoms with Gasteiger partial charge in [0, 0.05) is 5.25 Å². The largest absolute Gasteiger partial charge is 0.392 e. The van der Waals surface area contributed by atoms with Crippen LogP contribution in [0.25, 0.3) is 0 Å². The molecular weight excluding hydrogens is 156 g/mol. The van der Waals surface area contributed by atoms with Crippen LogP contribution in [-0.2, 0) is 0 Å². The van der Waals surface area contributed by atoms with Crippen molar-refractivity contribution in [3.8, 4) is 0 Å². The number of aliphatic hydroxyl groups is 1. The molecule has 0 bridgehead atoms. The maximum atomic E-state index is 9.60. The van der Waals surface area contributed by atoms with Gasteiger partial charge in [0.1, 0.15) is 0 Å². The summed E-state index contributed by atoms with van der Waals surface area (Å²) in [5, 5.41) is 10.8. The smallest absolute Gasteiger partial charge is 0.0658 e. The van der Waals surface area contributed by atoms with Crippen molar-refractivity contribution >= 4 is 11.8 Å². The zero-order valence-corrected chi connectivity index (χ0v) is 8.23. The first-order valence-electron chi connectivity index (χ1n) is 4.53. The Kier molecular flexibility index (Phi) is 3.73. The second-order valence-electron chi connectivity index (χ2n) is 3.58. The summed E-state index contributed by atoms with van der Waals surface area (Å²) >= 11 is 1.93. The van der Waals surface area contributed by atoms with Gasteiger partial charge in [0.2, 0.25) is 0 Å². The number of rotatable bonds is 2. The summed E-state index contributed by atoms with van der Waals surface area (Å²) in [6.07, 6.45) is 4.72. The third-order valence-corrected chi connectivity index (χ3v) is 3.56. The van der Waals surface area contributed by atoms with E-state index in [9.17, 15) is 5.11 Å². The van der Waals surface area contributed by atoms with Gasteiger partial charge in [-0.05, 0) is 18.1 Å². The Bertz CT molecular complexity index is 114. The molecule has 1 nitrogen and oxygen atoms in total. The predicted molar refractivity (Wildman–Crippen MR) is 51.0 cm³/mol. The Morgan fingerprint density at radius 2 is 1.91 bits per heavy atom. The molecule has 1 fully saturated rings. The molecule has 0 aromatic carbocycles. The van der Waals surface area contributed by atoms with Crippen LogP contribution in [0.5, 0.6) is 0 Å². The summed E-state index contributed by atoms with van der Waals surface area (Å²) < 4.78 is 0. The number of thioether (sulfide) groups is 1. The van der Waals surface area contributed by atoms with E-state index < -0.39 is 0 Å². The first-order chi connectivity index (χ1) is 5.20. The fraction of sp³-hybridized carbons (Fsp3) is 1.00. The van der Waals surface area contributed by atoms with Crippen LogP contribution >= 0.6 is 11.8 Å². The zero-order valence-electron chi connectivity index (χ0n) is 7.42. The molecule has 0 amide bonds. The Balaban J connectivity index is 2.29. The van der Waals surface area contributed by atoms with Crippen molar-refractivity contribution in [2.24, 2.45) is 0 Å². The molecule has 1 aliphatic carbocycles. The first-order valence-corrected chi connectivity index (χ1v) is 5.48. The van der Waals surface area contributed by atoms with Gasteiger partial charge in [-0.25, -0.2) is 0 Å². The summed E-state index contributed by atoms with van der Waals surface area (Å²) in [7, 11) is 0. The van der Waals surface area contributed by atoms with Crippen LogP contribution < -0.4 is 0 Å². The van der Waals surface area contributed by atoms with E-state index in [1.54, 1.807) is 0 Å². The Morgan fingerprint density at radius 1 is 1.27 bits per heavy atom. The van der Waals surface area contributed by atoms with Crippen molar-refractivity contribution in [3.63, 3.8) is 0 Å². The summed E-state index contributed by atoms with van der Waals surface area (Å²) in [5.41, 5.74) is 0. The van der Waals surface area contributed by atoms with Crippen molar-refractivity contribution in [2.75, 3.05) is 0 Å². The molecule has 66 valence electrons. The highest BCUT2D eigenvalue weighted by Crippen LogP contribution is 2.30. The molecule has 1 aliphatic rings. The van der Waals surface area contributed by atoms with E-state index in [0.717, 1.165) is 6.42 Å². The van der Waals surface area contributed by atoms with E-state index in [4.69, 9.17) is 0 Å². The maximum Gasteiger partial charge on any atom is 0.0658 e. The number of hydrogen-bond acceptors (Lipinski definition) is 2. The van der Waals surface area contributed by atoms with E-state index in [1.165, 1.54) is 19.3 Å². The monoisotopic (exact) mass is 174 g/mol. The van der Waals surface area contributed by atoms with E-state index in [2.05, 4.69) is 13.8 Å². The minimum Gasteiger partial charge on any atom is -0.392 e. The quantitative estimate of drug-likeness (QED) is 0.694. The van der Waals surface area contributed by atoms with Crippen molar-refractivity contribution in [1.82, 2.24) is 0 Å². The second-order valence-corrected chi connectivity index (χ2v) is 5.40. The first kappa shape index (κ1) is 9.40. The lowest BCUT2D eigenvalue weighted by Crippen LogP contribution is -2.27. The van der Waals surface area contributed by atoms with Crippen molar-refractivity contribution in [3.05, 3.63) is 0 Å². The van der Waals surface area contributed by atoms with Gasteiger partial charge < -0.3 is 5.11 Å². The highest BCUT2D eigenvalue weighted by atomic mass is 32.2. The fourth-order valence-corrected chi connectivity index (χ4v) is 2.90. The van der Waals surface area contributed by atoms with E-state index in [1.807, 2.05) is 11.8 Å². The zero-order chi connectivity index (χ0) is 8.27. The van der Waals surface area contributed by atoms with E-state index >= 15 is 0 Å². The average Bonchev–Trinajstić information content (AvgIpc) is 1.93. The summed E-state index contributed by atoms with van der Waals surface area (Å²) in [5.74, 6) is 0. The molecule has 1 saturated carbocycles. The molecule has 0 aliphatic heterocycles. The Morgan fingerprint density at radius 3 is 2.45 bits per heavy atom.